The zero-order valence-corrected chi connectivity index (χ0v) is 18.0. The van der Waals surface area contributed by atoms with Gasteiger partial charge in [-0.25, -0.2) is 4.79 Å². The van der Waals surface area contributed by atoms with Crippen molar-refractivity contribution in [2.45, 2.75) is 13.0 Å². The molecule has 3 aromatic carbocycles. The van der Waals surface area contributed by atoms with Gasteiger partial charge >= 0.3 is 5.97 Å². The van der Waals surface area contributed by atoms with Crippen LogP contribution in [-0.4, -0.2) is 22.6 Å². The quantitative estimate of drug-likeness (QED) is 0.519. The molecule has 0 spiro atoms. The fraction of sp³-hybridized carbons (Fsp3) is 0.125. The van der Waals surface area contributed by atoms with E-state index >= 15 is 0 Å². The first-order chi connectivity index (χ1) is 14.9. The summed E-state index contributed by atoms with van der Waals surface area (Å²) in [7, 11) is 0. The zero-order valence-electron chi connectivity index (χ0n) is 16.4. The molecule has 1 aliphatic rings. The molecule has 0 fully saturated rings. The van der Waals surface area contributed by atoms with Crippen LogP contribution in [0.4, 0.5) is 11.4 Å². The fourth-order valence-electron chi connectivity index (χ4n) is 3.73. The molecule has 0 atom stereocenters. The summed E-state index contributed by atoms with van der Waals surface area (Å²) in [5.41, 5.74) is 4.98. The minimum absolute atomic E-state index is 0.00453. The second-order valence-corrected chi connectivity index (χ2v) is 8.12. The highest BCUT2D eigenvalue weighted by molar-refractivity contribution is 7.81. The predicted molar refractivity (Wildman–Crippen MR) is 126 cm³/mol. The van der Waals surface area contributed by atoms with Gasteiger partial charge in [-0.05, 0) is 60.0 Å². The van der Waals surface area contributed by atoms with Crippen LogP contribution in [0.15, 0.2) is 60.7 Å². The fourth-order valence-corrected chi connectivity index (χ4v) is 4.16. The summed E-state index contributed by atoms with van der Waals surface area (Å²) >= 11 is 11.6. The first-order valence-corrected chi connectivity index (χ1v) is 10.4. The Balaban J connectivity index is 1.53. The van der Waals surface area contributed by atoms with Crippen LogP contribution in [0, 0.1) is 11.3 Å². The third-order valence-corrected chi connectivity index (χ3v) is 5.80. The molecule has 154 valence electrons. The lowest BCUT2D eigenvalue weighted by molar-refractivity contribution is 0.0698. The van der Waals surface area contributed by atoms with Crippen molar-refractivity contribution in [1.29, 1.82) is 5.26 Å². The molecule has 3 aromatic rings. The number of fused-ring (bicyclic) bond motifs is 1. The van der Waals surface area contributed by atoms with E-state index in [0.29, 0.717) is 10.7 Å². The zero-order chi connectivity index (χ0) is 22.0. The maximum Gasteiger partial charge on any atom is 0.337 e. The third kappa shape index (κ3) is 4.53. The van der Waals surface area contributed by atoms with Gasteiger partial charge in [0, 0.05) is 29.4 Å². The topological polar surface area (TPSA) is 76.4 Å². The highest BCUT2D eigenvalue weighted by Gasteiger charge is 2.19. The summed E-state index contributed by atoms with van der Waals surface area (Å²) in [6, 6.07) is 20.3. The molecule has 0 amide bonds. The van der Waals surface area contributed by atoms with Crippen LogP contribution in [0.3, 0.4) is 0 Å². The largest absolute Gasteiger partial charge is 0.478 e. The molecule has 0 saturated carbocycles. The minimum atomic E-state index is -1.12. The van der Waals surface area contributed by atoms with E-state index in [0.717, 1.165) is 35.7 Å². The Labute approximate surface area is 190 Å². The molecular weight excluding hydrogens is 430 g/mol. The molecular formula is C24H18ClN3O2S. The molecule has 1 aliphatic heterocycles. The Kier molecular flexibility index (Phi) is 5.90. The van der Waals surface area contributed by atoms with Crippen LogP contribution >= 0.6 is 23.8 Å². The lowest BCUT2D eigenvalue weighted by Crippen LogP contribution is -2.20. The normalized spacial score (nSPS) is 12.2. The smallest absolute Gasteiger partial charge is 0.337 e. The average molecular weight is 448 g/mol. The number of hydrogen-bond donors (Lipinski definition) is 2. The highest BCUT2D eigenvalue weighted by atomic mass is 35.5. The Morgan fingerprint density at radius 2 is 2.03 bits per heavy atom. The Bertz CT molecular complexity index is 1240. The molecule has 7 heteroatoms. The summed E-state index contributed by atoms with van der Waals surface area (Å²) in [6.45, 7) is 1.66. The Hall–Kier alpha value is -3.40. The number of rotatable bonds is 5. The van der Waals surface area contributed by atoms with Crippen molar-refractivity contribution in [3.63, 3.8) is 0 Å². The maximum absolute atomic E-state index is 11.6. The molecule has 0 radical (unpaired) electrons. The first-order valence-electron chi connectivity index (χ1n) is 9.66. The van der Waals surface area contributed by atoms with Gasteiger partial charge in [0.25, 0.3) is 0 Å². The number of hydrogen-bond acceptors (Lipinski definition) is 4. The number of benzene rings is 3. The number of nitrogens with zero attached hydrogens (tertiary/aromatic N) is 2. The average Bonchev–Trinajstić information content (AvgIpc) is 3.15. The number of thiocarbonyl (C=S) groups is 1. The van der Waals surface area contributed by atoms with Gasteiger partial charge in [-0.15, -0.1) is 0 Å². The maximum atomic E-state index is 11.6. The van der Waals surface area contributed by atoms with E-state index in [9.17, 15) is 9.90 Å². The number of anilines is 2. The van der Waals surface area contributed by atoms with Crippen LogP contribution in [0.1, 0.15) is 32.6 Å². The summed E-state index contributed by atoms with van der Waals surface area (Å²) in [6.07, 6.45) is 0.964. The van der Waals surface area contributed by atoms with E-state index in [4.69, 9.17) is 29.1 Å². The molecule has 0 unspecified atom stereocenters. The summed E-state index contributed by atoms with van der Waals surface area (Å²) < 4.78 is 0. The van der Waals surface area contributed by atoms with Crippen molar-refractivity contribution >= 4 is 46.2 Å². The van der Waals surface area contributed by atoms with E-state index < -0.39 is 5.97 Å². The van der Waals surface area contributed by atoms with Crippen molar-refractivity contribution in [3.05, 3.63) is 93.5 Å². The van der Waals surface area contributed by atoms with Crippen LogP contribution in [0.5, 0.6) is 0 Å². The molecule has 0 aromatic heterocycles. The van der Waals surface area contributed by atoms with Crippen LogP contribution in [-0.2, 0) is 13.0 Å². The first kappa shape index (κ1) is 20.9. The van der Waals surface area contributed by atoms with Crippen molar-refractivity contribution in [3.8, 4) is 6.07 Å². The number of nitrogens with one attached hydrogen (secondary N) is 1. The molecule has 1 heterocycles. The molecule has 4 rings (SSSR count). The van der Waals surface area contributed by atoms with Gasteiger partial charge in [0.1, 0.15) is 4.99 Å². The van der Waals surface area contributed by atoms with Gasteiger partial charge in [0.2, 0.25) is 0 Å². The Morgan fingerprint density at radius 3 is 2.81 bits per heavy atom. The second-order valence-electron chi connectivity index (χ2n) is 7.28. The molecule has 0 bridgehead atoms. The molecule has 31 heavy (non-hydrogen) atoms. The summed E-state index contributed by atoms with van der Waals surface area (Å²) in [4.78, 5) is 14.3. The van der Waals surface area contributed by atoms with Crippen molar-refractivity contribution in [2.24, 2.45) is 0 Å². The SMILES string of the molecule is N#Cc1ccc(NC(=S)c2cccc(CN3CCc4cc(Cl)ccc43)c2)c(C(=O)O)c1. The standard InChI is InChI=1S/C24H18ClN3O2S/c25-19-5-7-22-17(12-19)8-9-28(22)14-16-2-1-3-18(10-16)23(31)27-21-6-4-15(13-26)11-20(21)24(29)30/h1-7,10-12H,8-9,14H2,(H,27,31)(H,29,30). The lowest BCUT2D eigenvalue weighted by Gasteiger charge is -2.20. The van der Waals surface area contributed by atoms with Gasteiger partial charge in [-0.2, -0.15) is 5.26 Å². The van der Waals surface area contributed by atoms with Gasteiger partial charge < -0.3 is 15.3 Å². The van der Waals surface area contributed by atoms with E-state index in [1.54, 1.807) is 12.1 Å². The monoisotopic (exact) mass is 447 g/mol. The predicted octanol–water partition coefficient (Wildman–Crippen LogP) is 5.26. The Morgan fingerprint density at radius 1 is 1.19 bits per heavy atom. The molecule has 5 nitrogen and oxygen atoms in total. The number of nitriles is 1. The molecule has 0 aliphatic carbocycles. The molecule has 0 saturated heterocycles. The summed E-state index contributed by atoms with van der Waals surface area (Å²) in [5.74, 6) is -1.12. The van der Waals surface area contributed by atoms with E-state index in [2.05, 4.69) is 16.3 Å². The summed E-state index contributed by atoms with van der Waals surface area (Å²) in [5, 5.41) is 22.2. The van der Waals surface area contributed by atoms with Gasteiger partial charge in [0.15, 0.2) is 0 Å². The van der Waals surface area contributed by atoms with Crippen LogP contribution < -0.4 is 10.2 Å². The van der Waals surface area contributed by atoms with Gasteiger partial charge in [0.05, 0.1) is 22.9 Å². The number of carboxylic acid groups (broad SMARTS) is 1. The van der Waals surface area contributed by atoms with E-state index in [1.165, 1.54) is 17.3 Å². The van der Waals surface area contributed by atoms with Crippen molar-refractivity contribution in [1.82, 2.24) is 0 Å². The number of carbonyl (C=O) groups is 1. The number of halogens is 1. The third-order valence-electron chi connectivity index (χ3n) is 5.22. The van der Waals surface area contributed by atoms with Crippen LogP contribution in [0.2, 0.25) is 5.02 Å². The highest BCUT2D eigenvalue weighted by Crippen LogP contribution is 2.31. The van der Waals surface area contributed by atoms with E-state index in [1.807, 2.05) is 42.5 Å². The van der Waals surface area contributed by atoms with Crippen molar-refractivity contribution in [2.75, 3.05) is 16.8 Å². The number of carboxylic acids is 1. The van der Waals surface area contributed by atoms with Crippen molar-refractivity contribution < 1.29 is 9.90 Å². The minimum Gasteiger partial charge on any atom is -0.478 e. The molecule has 2 N–H and O–H groups in total. The van der Waals surface area contributed by atoms with Crippen LogP contribution in [0.25, 0.3) is 0 Å². The van der Waals surface area contributed by atoms with Gasteiger partial charge in [-0.3, -0.25) is 0 Å². The van der Waals surface area contributed by atoms with E-state index in [-0.39, 0.29) is 11.1 Å². The number of aromatic carboxylic acids is 1. The second kappa shape index (κ2) is 8.76. The van der Waals surface area contributed by atoms with Gasteiger partial charge in [-0.1, -0.05) is 42.0 Å². The lowest BCUT2D eigenvalue weighted by atomic mass is 10.1.